The maximum absolute atomic E-state index is 5.82. The van der Waals surface area contributed by atoms with Crippen molar-refractivity contribution in [2.24, 2.45) is 0 Å². The molecule has 0 fully saturated rings. The molecule has 2 N–H and O–H groups in total. The van der Waals surface area contributed by atoms with Crippen LogP contribution in [0.4, 0.5) is 5.69 Å². The second kappa shape index (κ2) is 2.91. The smallest absolute Gasteiger partial charge is 0.0506 e. The summed E-state index contributed by atoms with van der Waals surface area (Å²) in [4.78, 5) is 0. The standard InChI is InChI=1S/C11H13N/c1-5-10-9(4)7(2)6-8(3)11(10)12/h1,6H,12H2,2-4H3. The van der Waals surface area contributed by atoms with Gasteiger partial charge in [-0.1, -0.05) is 12.0 Å². The first-order chi connectivity index (χ1) is 5.57. The Labute approximate surface area is 73.6 Å². The van der Waals surface area contributed by atoms with Gasteiger partial charge in [-0.25, -0.2) is 0 Å². The summed E-state index contributed by atoms with van der Waals surface area (Å²) >= 11 is 0. The van der Waals surface area contributed by atoms with E-state index in [0.717, 1.165) is 22.4 Å². The van der Waals surface area contributed by atoms with Crippen LogP contribution in [0.15, 0.2) is 6.07 Å². The van der Waals surface area contributed by atoms with Crippen molar-refractivity contribution in [1.29, 1.82) is 0 Å². The molecule has 62 valence electrons. The number of terminal acetylenes is 1. The maximum atomic E-state index is 5.82. The van der Waals surface area contributed by atoms with E-state index in [-0.39, 0.29) is 0 Å². The van der Waals surface area contributed by atoms with Gasteiger partial charge in [0.1, 0.15) is 0 Å². The molecule has 0 spiro atoms. The fourth-order valence-electron chi connectivity index (χ4n) is 1.29. The summed E-state index contributed by atoms with van der Waals surface area (Å²) in [5.41, 5.74) is 10.8. The molecular formula is C11H13N. The first kappa shape index (κ1) is 8.67. The molecule has 0 aliphatic rings. The second-order valence-electron chi connectivity index (χ2n) is 3.07. The van der Waals surface area contributed by atoms with E-state index in [0.29, 0.717) is 0 Å². The van der Waals surface area contributed by atoms with Crippen LogP contribution in [0.3, 0.4) is 0 Å². The molecule has 0 radical (unpaired) electrons. The van der Waals surface area contributed by atoms with Gasteiger partial charge in [0.15, 0.2) is 0 Å². The van der Waals surface area contributed by atoms with Gasteiger partial charge in [-0.2, -0.15) is 0 Å². The van der Waals surface area contributed by atoms with Crippen LogP contribution >= 0.6 is 0 Å². The van der Waals surface area contributed by atoms with Gasteiger partial charge in [0.25, 0.3) is 0 Å². The Hall–Kier alpha value is -1.42. The highest BCUT2D eigenvalue weighted by atomic mass is 14.6. The van der Waals surface area contributed by atoms with Crippen molar-refractivity contribution in [1.82, 2.24) is 0 Å². The van der Waals surface area contributed by atoms with E-state index in [9.17, 15) is 0 Å². The van der Waals surface area contributed by atoms with E-state index in [4.69, 9.17) is 12.2 Å². The van der Waals surface area contributed by atoms with Crippen LogP contribution < -0.4 is 5.73 Å². The van der Waals surface area contributed by atoms with Crippen molar-refractivity contribution in [3.8, 4) is 12.3 Å². The van der Waals surface area contributed by atoms with E-state index in [1.54, 1.807) is 0 Å². The Bertz CT molecular complexity index is 330. The molecule has 0 saturated carbocycles. The molecule has 1 nitrogen and oxygen atoms in total. The zero-order valence-corrected chi connectivity index (χ0v) is 7.73. The molecule has 0 aliphatic heterocycles. The topological polar surface area (TPSA) is 26.0 Å². The Morgan fingerprint density at radius 3 is 2.33 bits per heavy atom. The molecule has 0 atom stereocenters. The van der Waals surface area contributed by atoms with Crippen molar-refractivity contribution in [2.45, 2.75) is 20.8 Å². The van der Waals surface area contributed by atoms with E-state index >= 15 is 0 Å². The molecule has 0 bridgehead atoms. The van der Waals surface area contributed by atoms with Gasteiger partial charge in [0, 0.05) is 0 Å². The summed E-state index contributed by atoms with van der Waals surface area (Å²) in [6.45, 7) is 6.02. The van der Waals surface area contributed by atoms with Crippen LogP contribution in [0.2, 0.25) is 0 Å². The lowest BCUT2D eigenvalue weighted by molar-refractivity contribution is 1.29. The summed E-state index contributed by atoms with van der Waals surface area (Å²) < 4.78 is 0. The van der Waals surface area contributed by atoms with Crippen molar-refractivity contribution >= 4 is 5.69 Å². The first-order valence-electron chi connectivity index (χ1n) is 3.90. The number of aryl methyl sites for hydroxylation is 2. The van der Waals surface area contributed by atoms with Gasteiger partial charge in [0.2, 0.25) is 0 Å². The van der Waals surface area contributed by atoms with Crippen LogP contribution in [0, 0.1) is 33.1 Å². The molecule has 0 heterocycles. The quantitative estimate of drug-likeness (QED) is 0.455. The minimum atomic E-state index is 0.737. The normalized spacial score (nSPS) is 9.50. The second-order valence-corrected chi connectivity index (χ2v) is 3.07. The molecule has 0 amide bonds. The average molecular weight is 159 g/mol. The first-order valence-corrected chi connectivity index (χ1v) is 3.90. The van der Waals surface area contributed by atoms with Crippen molar-refractivity contribution in [3.05, 3.63) is 28.3 Å². The SMILES string of the molecule is C#Cc1c(C)c(C)cc(C)c1N. The Morgan fingerprint density at radius 2 is 1.83 bits per heavy atom. The monoisotopic (exact) mass is 159 g/mol. The highest BCUT2D eigenvalue weighted by molar-refractivity contribution is 5.64. The Kier molecular flexibility index (Phi) is 2.10. The number of hydrogen-bond acceptors (Lipinski definition) is 1. The molecule has 1 rings (SSSR count). The van der Waals surface area contributed by atoms with Crippen molar-refractivity contribution in [2.75, 3.05) is 5.73 Å². The van der Waals surface area contributed by atoms with Crippen LogP contribution in [0.5, 0.6) is 0 Å². The number of hydrogen-bond donors (Lipinski definition) is 1. The number of anilines is 1. The van der Waals surface area contributed by atoms with E-state index in [2.05, 4.69) is 12.0 Å². The van der Waals surface area contributed by atoms with Gasteiger partial charge in [-0.3, -0.25) is 0 Å². The Balaban J connectivity index is 3.56. The van der Waals surface area contributed by atoms with Crippen LogP contribution in [-0.4, -0.2) is 0 Å². The number of nitrogens with two attached hydrogens (primary N) is 1. The lowest BCUT2D eigenvalue weighted by Gasteiger charge is -2.09. The summed E-state index contributed by atoms with van der Waals surface area (Å²) in [6.07, 6.45) is 5.36. The van der Waals surface area contributed by atoms with Gasteiger partial charge < -0.3 is 5.73 Å². The van der Waals surface area contributed by atoms with Gasteiger partial charge in [0.05, 0.1) is 11.3 Å². The van der Waals surface area contributed by atoms with E-state index < -0.39 is 0 Å². The number of nitrogen functional groups attached to an aromatic ring is 1. The highest BCUT2D eigenvalue weighted by Crippen LogP contribution is 2.22. The van der Waals surface area contributed by atoms with Gasteiger partial charge >= 0.3 is 0 Å². The summed E-state index contributed by atoms with van der Waals surface area (Å²) in [7, 11) is 0. The fourth-order valence-corrected chi connectivity index (χ4v) is 1.29. The van der Waals surface area contributed by atoms with Gasteiger partial charge in [-0.15, -0.1) is 6.42 Å². The van der Waals surface area contributed by atoms with Crippen LogP contribution in [-0.2, 0) is 0 Å². The zero-order valence-electron chi connectivity index (χ0n) is 7.73. The molecule has 1 aromatic rings. The molecule has 1 aromatic carbocycles. The third-order valence-corrected chi connectivity index (χ3v) is 2.24. The lowest BCUT2D eigenvalue weighted by atomic mass is 9.98. The minimum absolute atomic E-state index is 0.737. The molecule has 0 aliphatic carbocycles. The third-order valence-electron chi connectivity index (χ3n) is 2.24. The zero-order chi connectivity index (χ0) is 9.30. The largest absolute Gasteiger partial charge is 0.397 e. The van der Waals surface area contributed by atoms with E-state index in [1.807, 2.05) is 20.8 Å². The van der Waals surface area contributed by atoms with Crippen LogP contribution in [0.25, 0.3) is 0 Å². The highest BCUT2D eigenvalue weighted by Gasteiger charge is 2.05. The number of benzene rings is 1. The Morgan fingerprint density at radius 1 is 1.25 bits per heavy atom. The third kappa shape index (κ3) is 1.16. The predicted octanol–water partition coefficient (Wildman–Crippen LogP) is 2.18. The molecule has 0 aromatic heterocycles. The number of rotatable bonds is 0. The molecule has 1 heteroatoms. The average Bonchev–Trinajstić information content (AvgIpc) is 2.02. The van der Waals surface area contributed by atoms with Crippen LogP contribution in [0.1, 0.15) is 22.3 Å². The molecule has 0 saturated heterocycles. The summed E-state index contributed by atoms with van der Waals surface area (Å²) in [6, 6.07) is 2.06. The summed E-state index contributed by atoms with van der Waals surface area (Å²) in [5.74, 6) is 2.62. The summed E-state index contributed by atoms with van der Waals surface area (Å²) in [5, 5.41) is 0. The van der Waals surface area contributed by atoms with Gasteiger partial charge in [-0.05, 0) is 37.5 Å². The molecule has 12 heavy (non-hydrogen) atoms. The van der Waals surface area contributed by atoms with Crippen molar-refractivity contribution < 1.29 is 0 Å². The lowest BCUT2D eigenvalue weighted by Crippen LogP contribution is -1.98. The predicted molar refractivity (Wildman–Crippen MR) is 53.0 cm³/mol. The molecule has 0 unspecified atom stereocenters. The maximum Gasteiger partial charge on any atom is 0.0506 e. The molecular weight excluding hydrogens is 146 g/mol. The van der Waals surface area contributed by atoms with E-state index in [1.165, 1.54) is 5.56 Å². The minimum Gasteiger partial charge on any atom is -0.397 e. The fraction of sp³-hybridized carbons (Fsp3) is 0.273. The van der Waals surface area contributed by atoms with Crippen molar-refractivity contribution in [3.63, 3.8) is 0 Å².